The van der Waals surface area contributed by atoms with Crippen molar-refractivity contribution in [2.75, 3.05) is 17.1 Å². The van der Waals surface area contributed by atoms with Crippen LogP contribution in [0.15, 0.2) is 71.6 Å². The van der Waals surface area contributed by atoms with Crippen molar-refractivity contribution in [3.05, 3.63) is 89.0 Å². The highest BCUT2D eigenvalue weighted by Crippen LogP contribution is 2.51. The Morgan fingerprint density at radius 1 is 1.03 bits per heavy atom. The van der Waals surface area contributed by atoms with Gasteiger partial charge in [-0.2, -0.15) is 0 Å². The second kappa shape index (κ2) is 9.59. The third-order valence-electron chi connectivity index (χ3n) is 7.16. The summed E-state index contributed by atoms with van der Waals surface area (Å²) in [4.78, 5) is 11.7. The number of hydrogen-bond donors (Lipinski definition) is 2. The Bertz CT molecular complexity index is 1490. The Labute approximate surface area is 217 Å². The summed E-state index contributed by atoms with van der Waals surface area (Å²) in [6.45, 7) is 5.14. The zero-order valence-corrected chi connectivity index (χ0v) is 22.1. The van der Waals surface area contributed by atoms with Crippen molar-refractivity contribution >= 4 is 27.4 Å². The SMILES string of the molecule is COc1cc(C2Nc3ccc(S(=O)(=O)Nc4c(C)cccc4C)cc3C3C=CCC32)ccc1OC(C)=O. The first kappa shape index (κ1) is 24.9. The summed E-state index contributed by atoms with van der Waals surface area (Å²) < 4.78 is 40.2. The second-order valence-electron chi connectivity index (χ2n) is 9.60. The molecule has 7 nitrogen and oxygen atoms in total. The van der Waals surface area contributed by atoms with Gasteiger partial charge in [0.05, 0.1) is 23.7 Å². The molecule has 2 aliphatic rings. The highest BCUT2D eigenvalue weighted by Gasteiger charge is 2.39. The molecule has 192 valence electrons. The Balaban J connectivity index is 1.48. The number of rotatable bonds is 6. The summed E-state index contributed by atoms with van der Waals surface area (Å²) in [5.41, 5.74) is 5.23. The zero-order chi connectivity index (χ0) is 26.3. The third kappa shape index (κ3) is 4.69. The average Bonchev–Trinajstić information content (AvgIpc) is 3.36. The summed E-state index contributed by atoms with van der Waals surface area (Å²) in [6.07, 6.45) is 5.17. The first-order valence-corrected chi connectivity index (χ1v) is 13.7. The van der Waals surface area contributed by atoms with E-state index in [2.05, 4.69) is 22.2 Å². The summed E-state index contributed by atoms with van der Waals surface area (Å²) in [5.74, 6) is 0.717. The fraction of sp³-hybridized carbons (Fsp3) is 0.276. The lowest BCUT2D eigenvalue weighted by molar-refractivity contribution is -0.132. The number of carbonyl (C=O) groups excluding carboxylic acids is 1. The molecule has 1 aliphatic carbocycles. The van der Waals surface area contributed by atoms with Gasteiger partial charge in [0, 0.05) is 18.5 Å². The van der Waals surface area contributed by atoms with E-state index in [0.29, 0.717) is 17.2 Å². The molecule has 0 amide bonds. The van der Waals surface area contributed by atoms with Crippen LogP contribution in [0.3, 0.4) is 0 Å². The quantitative estimate of drug-likeness (QED) is 0.241. The summed E-state index contributed by atoms with van der Waals surface area (Å²) in [5, 5.41) is 3.62. The van der Waals surface area contributed by atoms with E-state index in [1.165, 1.54) is 6.92 Å². The predicted octanol–water partition coefficient (Wildman–Crippen LogP) is 5.86. The van der Waals surface area contributed by atoms with Crippen molar-refractivity contribution < 1.29 is 22.7 Å². The number of methoxy groups -OCH3 is 1. The maximum Gasteiger partial charge on any atom is 0.308 e. The summed E-state index contributed by atoms with van der Waals surface area (Å²) in [6, 6.07) is 16.5. The molecule has 0 aromatic heterocycles. The number of esters is 1. The number of fused-ring (bicyclic) bond motifs is 3. The number of nitrogens with one attached hydrogen (secondary N) is 2. The number of carbonyl (C=O) groups is 1. The zero-order valence-electron chi connectivity index (χ0n) is 21.2. The van der Waals surface area contributed by atoms with Gasteiger partial charge >= 0.3 is 5.97 Å². The van der Waals surface area contributed by atoms with Gasteiger partial charge in [0.25, 0.3) is 10.0 Å². The van der Waals surface area contributed by atoms with E-state index in [9.17, 15) is 13.2 Å². The van der Waals surface area contributed by atoms with Gasteiger partial charge in [-0.15, -0.1) is 0 Å². The molecule has 0 saturated heterocycles. The number of allylic oxidation sites excluding steroid dienone is 2. The van der Waals surface area contributed by atoms with Gasteiger partial charge in [0.2, 0.25) is 0 Å². The molecule has 5 rings (SSSR count). The van der Waals surface area contributed by atoms with Crippen LogP contribution in [0.4, 0.5) is 11.4 Å². The van der Waals surface area contributed by atoms with Crippen molar-refractivity contribution in [1.29, 1.82) is 0 Å². The minimum Gasteiger partial charge on any atom is -0.493 e. The average molecular weight is 519 g/mol. The lowest BCUT2D eigenvalue weighted by atomic mass is 9.77. The number of benzene rings is 3. The molecule has 0 fully saturated rings. The van der Waals surface area contributed by atoms with Gasteiger partial charge in [-0.25, -0.2) is 8.42 Å². The monoisotopic (exact) mass is 518 g/mol. The maximum atomic E-state index is 13.3. The molecule has 1 heterocycles. The molecule has 3 aromatic carbocycles. The standard InChI is InChI=1S/C29H30N2O5S/c1-17-7-5-8-18(2)28(17)31-37(33,34)21-12-13-25-24(16-21)22-9-6-10-23(22)29(30-25)20-11-14-26(36-19(3)32)27(15-20)35-4/h5-9,11-16,22-23,29-31H,10H2,1-4H3. The van der Waals surface area contributed by atoms with Crippen molar-refractivity contribution in [1.82, 2.24) is 0 Å². The van der Waals surface area contributed by atoms with E-state index >= 15 is 0 Å². The molecule has 37 heavy (non-hydrogen) atoms. The van der Waals surface area contributed by atoms with Gasteiger partial charge in [-0.05, 0) is 78.8 Å². The smallest absolute Gasteiger partial charge is 0.308 e. The van der Waals surface area contributed by atoms with Crippen LogP contribution < -0.4 is 19.5 Å². The van der Waals surface area contributed by atoms with Crippen molar-refractivity contribution in [3.63, 3.8) is 0 Å². The fourth-order valence-electron chi connectivity index (χ4n) is 5.36. The number of anilines is 2. The normalized spacial score (nSPS) is 19.9. The molecular formula is C29H30N2O5S. The van der Waals surface area contributed by atoms with Gasteiger partial charge in [-0.1, -0.05) is 36.4 Å². The molecule has 0 radical (unpaired) electrons. The van der Waals surface area contributed by atoms with Crippen LogP contribution in [0.5, 0.6) is 11.5 Å². The van der Waals surface area contributed by atoms with Crippen LogP contribution >= 0.6 is 0 Å². The van der Waals surface area contributed by atoms with Crippen molar-refractivity contribution in [2.24, 2.45) is 5.92 Å². The first-order valence-electron chi connectivity index (χ1n) is 12.2. The van der Waals surface area contributed by atoms with E-state index in [1.54, 1.807) is 25.3 Å². The van der Waals surface area contributed by atoms with E-state index < -0.39 is 16.0 Å². The maximum absolute atomic E-state index is 13.3. The molecule has 3 atom stereocenters. The van der Waals surface area contributed by atoms with Crippen molar-refractivity contribution in [3.8, 4) is 11.5 Å². The molecule has 0 bridgehead atoms. The number of hydrogen-bond acceptors (Lipinski definition) is 6. The molecule has 0 saturated carbocycles. The van der Waals surface area contributed by atoms with Crippen LogP contribution in [0.1, 0.15) is 47.6 Å². The van der Waals surface area contributed by atoms with E-state index in [0.717, 1.165) is 34.4 Å². The summed E-state index contributed by atoms with van der Waals surface area (Å²) >= 11 is 0. The molecule has 2 N–H and O–H groups in total. The molecule has 0 spiro atoms. The Morgan fingerprint density at radius 3 is 2.49 bits per heavy atom. The van der Waals surface area contributed by atoms with Gasteiger partial charge in [0.15, 0.2) is 11.5 Å². The number of para-hydroxylation sites is 1. The number of aryl methyl sites for hydroxylation is 2. The highest BCUT2D eigenvalue weighted by molar-refractivity contribution is 7.92. The van der Waals surface area contributed by atoms with Crippen molar-refractivity contribution in [2.45, 2.75) is 44.0 Å². The van der Waals surface area contributed by atoms with Crippen LogP contribution in [-0.4, -0.2) is 21.5 Å². The fourth-order valence-corrected chi connectivity index (χ4v) is 6.59. The Kier molecular flexibility index (Phi) is 6.45. The Morgan fingerprint density at radius 2 is 1.78 bits per heavy atom. The van der Waals surface area contributed by atoms with Gasteiger partial charge < -0.3 is 14.8 Å². The number of sulfonamides is 1. The van der Waals surface area contributed by atoms with E-state index in [1.807, 2.05) is 50.2 Å². The molecule has 3 aromatic rings. The number of ether oxygens (including phenoxy) is 2. The van der Waals surface area contributed by atoms with E-state index in [-0.39, 0.29) is 22.8 Å². The minimum atomic E-state index is -3.77. The minimum absolute atomic E-state index is 0.0250. The topological polar surface area (TPSA) is 93.7 Å². The van der Waals surface area contributed by atoms with Crippen LogP contribution in [0.25, 0.3) is 0 Å². The predicted molar refractivity (Wildman–Crippen MR) is 144 cm³/mol. The summed E-state index contributed by atoms with van der Waals surface area (Å²) in [7, 11) is -2.22. The van der Waals surface area contributed by atoms with E-state index in [4.69, 9.17) is 9.47 Å². The lowest BCUT2D eigenvalue weighted by Crippen LogP contribution is -2.29. The highest BCUT2D eigenvalue weighted by atomic mass is 32.2. The van der Waals surface area contributed by atoms with Crippen LogP contribution in [0, 0.1) is 19.8 Å². The molecule has 8 heteroatoms. The van der Waals surface area contributed by atoms with Crippen LogP contribution in [0.2, 0.25) is 0 Å². The third-order valence-corrected chi connectivity index (χ3v) is 8.51. The Hall–Kier alpha value is -3.78. The molecule has 3 unspecified atom stereocenters. The van der Waals surface area contributed by atoms with Crippen LogP contribution in [-0.2, 0) is 14.8 Å². The second-order valence-corrected chi connectivity index (χ2v) is 11.3. The van der Waals surface area contributed by atoms with Gasteiger partial charge in [-0.3, -0.25) is 9.52 Å². The first-order chi connectivity index (χ1) is 17.7. The molecule has 1 aliphatic heterocycles. The lowest BCUT2D eigenvalue weighted by Gasteiger charge is -2.38. The van der Waals surface area contributed by atoms with Gasteiger partial charge in [0.1, 0.15) is 0 Å². The molecular weight excluding hydrogens is 488 g/mol. The largest absolute Gasteiger partial charge is 0.493 e.